The summed E-state index contributed by atoms with van der Waals surface area (Å²) >= 11 is 6.20. The lowest BCUT2D eigenvalue weighted by Gasteiger charge is -2.12. The number of hydrogen-bond acceptors (Lipinski definition) is 2. The molecule has 0 bridgehead atoms. The molecule has 2 aromatic rings. The van der Waals surface area contributed by atoms with Crippen molar-refractivity contribution in [1.29, 1.82) is 0 Å². The minimum Gasteiger partial charge on any atom is -0.370 e. The third-order valence-electron chi connectivity index (χ3n) is 2.94. The number of anilines is 1. The summed E-state index contributed by atoms with van der Waals surface area (Å²) in [5.74, 6) is 0.985. The average Bonchev–Trinajstić information content (AvgIpc) is 2.37. The van der Waals surface area contributed by atoms with E-state index in [0.717, 1.165) is 47.6 Å². The van der Waals surface area contributed by atoms with Gasteiger partial charge in [0.15, 0.2) is 0 Å². The molecule has 2 nitrogen and oxygen atoms in total. The normalized spacial score (nSPS) is 10.8. The lowest BCUT2D eigenvalue weighted by molar-refractivity contribution is 0.906. The van der Waals surface area contributed by atoms with E-state index in [-0.39, 0.29) is 0 Å². The van der Waals surface area contributed by atoms with Crippen LogP contribution in [0.15, 0.2) is 24.3 Å². The topological polar surface area (TPSA) is 24.9 Å². The van der Waals surface area contributed by atoms with Crippen LogP contribution in [0.1, 0.15) is 32.3 Å². The molecule has 0 amide bonds. The lowest BCUT2D eigenvalue weighted by atomic mass is 10.1. The van der Waals surface area contributed by atoms with Gasteiger partial charge in [-0.15, -0.1) is 0 Å². The average molecular weight is 263 g/mol. The number of pyridine rings is 1. The summed E-state index contributed by atoms with van der Waals surface area (Å²) in [4.78, 5) is 4.69. The van der Waals surface area contributed by atoms with Gasteiger partial charge in [0.05, 0.1) is 10.5 Å². The molecular formula is C15H19ClN2. The Morgan fingerprint density at radius 3 is 2.78 bits per heavy atom. The van der Waals surface area contributed by atoms with Crippen molar-refractivity contribution in [3.05, 3.63) is 34.9 Å². The molecule has 0 aliphatic carbocycles. The predicted molar refractivity (Wildman–Crippen MR) is 79.5 cm³/mol. The Bertz CT molecular complexity index is 537. The maximum absolute atomic E-state index is 6.20. The van der Waals surface area contributed by atoms with E-state index in [0.29, 0.717) is 0 Å². The van der Waals surface area contributed by atoms with Gasteiger partial charge in [0.2, 0.25) is 0 Å². The first-order valence-corrected chi connectivity index (χ1v) is 6.96. The van der Waals surface area contributed by atoms with Gasteiger partial charge in [-0.05, 0) is 30.5 Å². The summed E-state index contributed by atoms with van der Waals surface area (Å²) in [6.45, 7) is 5.28. The standard InChI is InChI=1S/C15H19ClN2/c1-3-6-12-10-11-7-5-8-13(16)14(11)18-15(12)17-9-4-2/h5,7-8,10H,3-4,6,9H2,1-2H3,(H,17,18). The van der Waals surface area contributed by atoms with Crippen molar-refractivity contribution in [3.63, 3.8) is 0 Å². The molecule has 18 heavy (non-hydrogen) atoms. The van der Waals surface area contributed by atoms with Gasteiger partial charge in [-0.3, -0.25) is 0 Å². The fourth-order valence-electron chi connectivity index (χ4n) is 2.06. The van der Waals surface area contributed by atoms with Crippen LogP contribution in [0.2, 0.25) is 5.02 Å². The molecule has 0 radical (unpaired) electrons. The van der Waals surface area contributed by atoms with E-state index in [1.165, 1.54) is 5.56 Å². The second kappa shape index (κ2) is 6.05. The number of fused-ring (bicyclic) bond motifs is 1. The third-order valence-corrected chi connectivity index (χ3v) is 3.24. The molecule has 0 fully saturated rings. The molecule has 1 aromatic carbocycles. The van der Waals surface area contributed by atoms with Crippen molar-refractivity contribution in [1.82, 2.24) is 4.98 Å². The summed E-state index contributed by atoms with van der Waals surface area (Å²) in [5.41, 5.74) is 2.17. The molecule has 2 rings (SSSR count). The molecule has 0 spiro atoms. The highest BCUT2D eigenvalue weighted by Crippen LogP contribution is 2.26. The van der Waals surface area contributed by atoms with Crippen LogP contribution in [0.5, 0.6) is 0 Å². The summed E-state index contributed by atoms with van der Waals surface area (Å²) < 4.78 is 0. The van der Waals surface area contributed by atoms with Crippen LogP contribution < -0.4 is 5.32 Å². The molecule has 0 saturated heterocycles. The van der Waals surface area contributed by atoms with E-state index in [4.69, 9.17) is 11.6 Å². The zero-order valence-electron chi connectivity index (χ0n) is 11.0. The zero-order valence-corrected chi connectivity index (χ0v) is 11.7. The van der Waals surface area contributed by atoms with Gasteiger partial charge in [-0.2, -0.15) is 0 Å². The third kappa shape index (κ3) is 2.75. The van der Waals surface area contributed by atoms with Crippen LogP contribution >= 0.6 is 11.6 Å². The van der Waals surface area contributed by atoms with Gasteiger partial charge < -0.3 is 5.32 Å². The highest BCUT2D eigenvalue weighted by Gasteiger charge is 2.07. The van der Waals surface area contributed by atoms with Crippen LogP contribution in [0.3, 0.4) is 0 Å². The number of nitrogens with one attached hydrogen (secondary N) is 1. The smallest absolute Gasteiger partial charge is 0.129 e. The van der Waals surface area contributed by atoms with Gasteiger partial charge in [0.1, 0.15) is 5.82 Å². The second-order valence-corrected chi connectivity index (χ2v) is 4.89. The summed E-state index contributed by atoms with van der Waals surface area (Å²) in [6, 6.07) is 8.13. The molecule has 0 aliphatic heterocycles. The number of benzene rings is 1. The number of halogens is 1. The van der Waals surface area contributed by atoms with Crippen LogP contribution in [0, 0.1) is 0 Å². The monoisotopic (exact) mass is 262 g/mol. The molecule has 0 unspecified atom stereocenters. The number of rotatable bonds is 5. The number of hydrogen-bond donors (Lipinski definition) is 1. The van der Waals surface area contributed by atoms with Crippen molar-refractivity contribution in [3.8, 4) is 0 Å². The summed E-state index contributed by atoms with van der Waals surface area (Å²) in [6.07, 6.45) is 3.25. The van der Waals surface area contributed by atoms with E-state index in [1.807, 2.05) is 12.1 Å². The molecule has 0 saturated carbocycles. The fourth-order valence-corrected chi connectivity index (χ4v) is 2.29. The van der Waals surface area contributed by atoms with Crippen molar-refractivity contribution in [2.24, 2.45) is 0 Å². The predicted octanol–water partition coefficient (Wildman–Crippen LogP) is 4.66. The number of aryl methyl sites for hydroxylation is 1. The first-order valence-electron chi connectivity index (χ1n) is 6.58. The van der Waals surface area contributed by atoms with E-state index in [9.17, 15) is 0 Å². The Morgan fingerprint density at radius 2 is 2.06 bits per heavy atom. The van der Waals surface area contributed by atoms with E-state index >= 15 is 0 Å². The first-order chi connectivity index (χ1) is 8.76. The van der Waals surface area contributed by atoms with Gasteiger partial charge in [0.25, 0.3) is 0 Å². The first kappa shape index (κ1) is 13.2. The summed E-state index contributed by atoms with van der Waals surface area (Å²) in [5, 5.41) is 5.23. The van der Waals surface area contributed by atoms with Crippen LogP contribution in [0.4, 0.5) is 5.82 Å². The Kier molecular flexibility index (Phi) is 4.43. The van der Waals surface area contributed by atoms with E-state index in [2.05, 4.69) is 36.3 Å². The van der Waals surface area contributed by atoms with Gasteiger partial charge in [0, 0.05) is 11.9 Å². The van der Waals surface area contributed by atoms with E-state index in [1.54, 1.807) is 0 Å². The van der Waals surface area contributed by atoms with Gasteiger partial charge >= 0.3 is 0 Å². The molecule has 3 heteroatoms. The number of aromatic nitrogens is 1. The van der Waals surface area contributed by atoms with Crippen LogP contribution in [0.25, 0.3) is 10.9 Å². The Balaban J connectivity index is 2.50. The van der Waals surface area contributed by atoms with Crippen molar-refractivity contribution in [2.75, 3.05) is 11.9 Å². The zero-order chi connectivity index (χ0) is 13.0. The van der Waals surface area contributed by atoms with Crippen LogP contribution in [-0.2, 0) is 6.42 Å². The van der Waals surface area contributed by atoms with Gasteiger partial charge in [-0.25, -0.2) is 4.98 Å². The molecule has 1 aromatic heterocycles. The molecular weight excluding hydrogens is 244 g/mol. The maximum atomic E-state index is 6.20. The quantitative estimate of drug-likeness (QED) is 0.848. The maximum Gasteiger partial charge on any atom is 0.129 e. The molecule has 0 atom stereocenters. The highest BCUT2D eigenvalue weighted by molar-refractivity contribution is 6.35. The lowest BCUT2D eigenvalue weighted by Crippen LogP contribution is -2.05. The van der Waals surface area contributed by atoms with Gasteiger partial charge in [-0.1, -0.05) is 44.0 Å². The van der Waals surface area contributed by atoms with Crippen molar-refractivity contribution < 1.29 is 0 Å². The second-order valence-electron chi connectivity index (χ2n) is 4.48. The Hall–Kier alpha value is -1.28. The Morgan fingerprint density at radius 1 is 1.22 bits per heavy atom. The largest absolute Gasteiger partial charge is 0.370 e. The number of nitrogens with zero attached hydrogens (tertiary/aromatic N) is 1. The Labute approximate surface area is 113 Å². The van der Waals surface area contributed by atoms with Crippen molar-refractivity contribution >= 4 is 28.3 Å². The molecule has 96 valence electrons. The van der Waals surface area contributed by atoms with Crippen molar-refractivity contribution in [2.45, 2.75) is 33.1 Å². The fraction of sp³-hybridized carbons (Fsp3) is 0.400. The molecule has 1 heterocycles. The molecule has 1 N–H and O–H groups in total. The minimum absolute atomic E-state index is 0.718. The number of para-hydroxylation sites is 1. The minimum atomic E-state index is 0.718. The van der Waals surface area contributed by atoms with Crippen LogP contribution in [-0.4, -0.2) is 11.5 Å². The SMILES string of the molecule is CCCNc1nc2c(Cl)cccc2cc1CCC. The van der Waals surface area contributed by atoms with E-state index < -0.39 is 0 Å². The molecule has 0 aliphatic rings. The summed E-state index contributed by atoms with van der Waals surface area (Å²) in [7, 11) is 0. The highest BCUT2D eigenvalue weighted by atomic mass is 35.5.